The first-order chi connectivity index (χ1) is 21.7. The van der Waals surface area contributed by atoms with Gasteiger partial charge in [0.2, 0.25) is 5.75 Å². The minimum atomic E-state index is -0.710. The Bertz CT molecular complexity index is 1760. The number of methoxy groups -OCH3 is 3. The van der Waals surface area contributed by atoms with Gasteiger partial charge >= 0.3 is 11.9 Å². The van der Waals surface area contributed by atoms with Gasteiger partial charge in [0.05, 0.1) is 43.7 Å². The van der Waals surface area contributed by atoms with Gasteiger partial charge in [-0.3, -0.25) is 4.79 Å². The average Bonchev–Trinajstić information content (AvgIpc) is 3.04. The number of carbonyl (C=O) groups excluding carboxylic acids is 3. The summed E-state index contributed by atoms with van der Waals surface area (Å²) >= 11 is 12.0. The van der Waals surface area contributed by atoms with Crippen molar-refractivity contribution in [1.29, 1.82) is 0 Å². The molecule has 0 aliphatic heterocycles. The number of hydrogen-bond acceptors (Lipinski definition) is 9. The molecule has 0 bridgehead atoms. The summed E-state index contributed by atoms with van der Waals surface area (Å²) in [5.41, 5.74) is 3.58. The molecule has 0 fully saturated rings. The van der Waals surface area contributed by atoms with Crippen LogP contribution in [0.2, 0.25) is 10.0 Å². The maximum atomic E-state index is 13.0. The van der Waals surface area contributed by atoms with Crippen LogP contribution >= 0.6 is 23.2 Å². The molecule has 4 aromatic carbocycles. The first-order valence-electron chi connectivity index (χ1n) is 13.1. The molecule has 0 aliphatic rings. The van der Waals surface area contributed by atoms with E-state index >= 15 is 0 Å². The zero-order valence-corrected chi connectivity index (χ0v) is 25.7. The molecule has 0 radical (unpaired) electrons. The Kier molecular flexibility index (Phi) is 11.2. The SMILES string of the molecule is COc1cc(C(=O)Oc2ccccc2/C=C/C(=O)Oc2ccccc2/C=N/NC(=O)c2ccc(Cl)cc2Cl)cc(OC)c1OC. The molecule has 1 amide bonds. The maximum absolute atomic E-state index is 13.0. The first-order valence-corrected chi connectivity index (χ1v) is 13.9. The van der Waals surface area contributed by atoms with Crippen LogP contribution in [0.5, 0.6) is 28.7 Å². The fourth-order valence-electron chi connectivity index (χ4n) is 3.94. The number of esters is 2. The summed E-state index contributed by atoms with van der Waals surface area (Å²) in [5, 5.41) is 4.51. The van der Waals surface area contributed by atoms with Gasteiger partial charge in [0, 0.05) is 22.2 Å². The van der Waals surface area contributed by atoms with E-state index in [2.05, 4.69) is 10.5 Å². The maximum Gasteiger partial charge on any atom is 0.343 e. The van der Waals surface area contributed by atoms with Crippen molar-refractivity contribution in [2.24, 2.45) is 5.10 Å². The Morgan fingerprint density at radius 2 is 1.36 bits per heavy atom. The highest BCUT2D eigenvalue weighted by Crippen LogP contribution is 2.38. The zero-order chi connectivity index (χ0) is 32.3. The van der Waals surface area contributed by atoms with E-state index < -0.39 is 17.8 Å². The van der Waals surface area contributed by atoms with E-state index in [1.165, 1.54) is 70.0 Å². The van der Waals surface area contributed by atoms with E-state index in [-0.39, 0.29) is 27.6 Å². The molecular weight excluding hydrogens is 623 g/mol. The molecule has 1 N–H and O–H groups in total. The molecular formula is C33H26Cl2N2O8. The van der Waals surface area contributed by atoms with E-state index in [0.29, 0.717) is 33.4 Å². The number of ether oxygens (including phenoxy) is 5. The number of halogens is 2. The Balaban J connectivity index is 1.44. The Labute approximate surface area is 268 Å². The number of nitrogens with zero attached hydrogens (tertiary/aromatic N) is 1. The van der Waals surface area contributed by atoms with E-state index in [1.54, 1.807) is 48.5 Å². The highest BCUT2D eigenvalue weighted by Gasteiger charge is 2.19. The van der Waals surface area contributed by atoms with Crippen LogP contribution in [0.3, 0.4) is 0 Å². The monoisotopic (exact) mass is 648 g/mol. The minimum Gasteiger partial charge on any atom is -0.493 e. The van der Waals surface area contributed by atoms with Gasteiger partial charge in [-0.1, -0.05) is 53.5 Å². The van der Waals surface area contributed by atoms with Gasteiger partial charge in [-0.15, -0.1) is 0 Å². The molecule has 230 valence electrons. The van der Waals surface area contributed by atoms with E-state index in [9.17, 15) is 14.4 Å². The first kappa shape index (κ1) is 32.6. The average molecular weight is 649 g/mol. The number of nitrogens with one attached hydrogen (secondary N) is 1. The highest BCUT2D eigenvalue weighted by molar-refractivity contribution is 6.36. The second-order valence-electron chi connectivity index (χ2n) is 8.96. The van der Waals surface area contributed by atoms with Gasteiger partial charge < -0.3 is 23.7 Å². The van der Waals surface area contributed by atoms with Crippen LogP contribution in [-0.2, 0) is 4.79 Å². The topological polar surface area (TPSA) is 122 Å². The quantitative estimate of drug-likeness (QED) is 0.0633. The lowest BCUT2D eigenvalue weighted by molar-refractivity contribution is -0.128. The fourth-order valence-corrected chi connectivity index (χ4v) is 4.44. The lowest BCUT2D eigenvalue weighted by Crippen LogP contribution is -2.18. The normalized spacial score (nSPS) is 10.9. The van der Waals surface area contributed by atoms with Crippen molar-refractivity contribution in [3.8, 4) is 28.7 Å². The van der Waals surface area contributed by atoms with Crippen LogP contribution in [-0.4, -0.2) is 45.4 Å². The molecule has 0 spiro atoms. The molecule has 0 saturated heterocycles. The van der Waals surface area contributed by atoms with Crippen LogP contribution in [0.25, 0.3) is 6.08 Å². The van der Waals surface area contributed by atoms with Gasteiger partial charge in [0.1, 0.15) is 11.5 Å². The summed E-state index contributed by atoms with van der Waals surface area (Å²) < 4.78 is 27.0. The van der Waals surface area contributed by atoms with Gasteiger partial charge in [-0.2, -0.15) is 5.10 Å². The number of benzene rings is 4. The standard InChI is InChI=1S/C33H26Cl2N2O8/c1-41-28-16-22(17-29(42-2)31(28)43-3)33(40)45-26-10-6-4-8-20(26)12-15-30(38)44-27-11-7-5-9-21(27)19-36-37-32(39)24-14-13-23(34)18-25(24)35/h4-19H,1-3H3,(H,37,39)/b15-12+,36-19+. The van der Waals surface area contributed by atoms with Crippen LogP contribution in [0.1, 0.15) is 31.8 Å². The number of para-hydroxylation sites is 2. The molecule has 12 heteroatoms. The van der Waals surface area contributed by atoms with Gasteiger partial charge in [0.15, 0.2) is 11.5 Å². The molecule has 0 saturated carbocycles. The molecule has 10 nitrogen and oxygen atoms in total. The molecule has 0 aliphatic carbocycles. The van der Waals surface area contributed by atoms with E-state index in [4.69, 9.17) is 46.9 Å². The Morgan fingerprint density at radius 3 is 1.98 bits per heavy atom. The largest absolute Gasteiger partial charge is 0.493 e. The number of carbonyl (C=O) groups is 3. The van der Waals surface area contributed by atoms with Crippen molar-refractivity contribution in [2.45, 2.75) is 0 Å². The summed E-state index contributed by atoms with van der Waals surface area (Å²) in [6, 6.07) is 20.7. The molecule has 0 aromatic heterocycles. The van der Waals surface area contributed by atoms with Crippen molar-refractivity contribution in [2.75, 3.05) is 21.3 Å². The third-order valence-electron chi connectivity index (χ3n) is 6.10. The van der Waals surface area contributed by atoms with Gasteiger partial charge in [-0.05, 0) is 54.6 Å². The summed E-state index contributed by atoms with van der Waals surface area (Å²) in [6.45, 7) is 0. The van der Waals surface area contributed by atoms with Crippen molar-refractivity contribution < 1.29 is 38.1 Å². The third-order valence-corrected chi connectivity index (χ3v) is 6.64. The van der Waals surface area contributed by atoms with Crippen molar-refractivity contribution in [3.63, 3.8) is 0 Å². The van der Waals surface area contributed by atoms with Crippen molar-refractivity contribution in [3.05, 3.63) is 117 Å². The molecule has 0 atom stereocenters. The summed E-state index contributed by atoms with van der Waals surface area (Å²) in [5.74, 6) is -0.637. The Morgan fingerprint density at radius 1 is 0.733 bits per heavy atom. The molecule has 4 rings (SSSR count). The predicted octanol–water partition coefficient (Wildman–Crippen LogP) is 6.62. The second-order valence-corrected chi connectivity index (χ2v) is 9.80. The highest BCUT2D eigenvalue weighted by atomic mass is 35.5. The smallest absolute Gasteiger partial charge is 0.343 e. The minimum absolute atomic E-state index is 0.161. The molecule has 45 heavy (non-hydrogen) atoms. The predicted molar refractivity (Wildman–Crippen MR) is 170 cm³/mol. The van der Waals surface area contributed by atoms with E-state index in [0.717, 1.165) is 0 Å². The van der Waals surface area contributed by atoms with E-state index in [1.807, 2.05) is 0 Å². The van der Waals surface area contributed by atoms with Crippen LogP contribution in [0, 0.1) is 0 Å². The lowest BCUT2D eigenvalue weighted by atomic mass is 10.1. The number of hydrogen-bond donors (Lipinski definition) is 1. The Hall–Kier alpha value is -5.32. The molecule has 4 aromatic rings. The van der Waals surface area contributed by atoms with Crippen molar-refractivity contribution >= 4 is 53.3 Å². The number of rotatable bonds is 11. The van der Waals surface area contributed by atoms with Crippen LogP contribution in [0.4, 0.5) is 0 Å². The van der Waals surface area contributed by atoms with Crippen LogP contribution < -0.4 is 29.1 Å². The number of amides is 1. The van der Waals surface area contributed by atoms with Crippen molar-refractivity contribution in [1.82, 2.24) is 5.43 Å². The van der Waals surface area contributed by atoms with Gasteiger partial charge in [0.25, 0.3) is 5.91 Å². The summed E-state index contributed by atoms with van der Waals surface area (Å²) in [7, 11) is 4.33. The fraction of sp³-hybridized carbons (Fsp3) is 0.0909. The third kappa shape index (κ3) is 8.41. The zero-order valence-electron chi connectivity index (χ0n) is 24.2. The van der Waals surface area contributed by atoms with Gasteiger partial charge in [-0.25, -0.2) is 15.0 Å². The molecule has 0 unspecified atom stereocenters. The van der Waals surface area contributed by atoms with Crippen LogP contribution in [0.15, 0.2) is 90.0 Å². The number of hydrazone groups is 1. The summed E-state index contributed by atoms with van der Waals surface area (Å²) in [4.78, 5) is 38.2. The summed E-state index contributed by atoms with van der Waals surface area (Å²) in [6.07, 6.45) is 3.96. The second kappa shape index (κ2) is 15.4. The molecule has 0 heterocycles. The lowest BCUT2D eigenvalue weighted by Gasteiger charge is -2.14.